The molecule has 2 fully saturated rings. The van der Waals surface area contributed by atoms with Crippen LogP contribution in [0.15, 0.2) is 193 Å². The Balaban J connectivity index is 0.00000178. The third-order valence-corrected chi connectivity index (χ3v) is 18.7. The van der Waals surface area contributed by atoms with Gasteiger partial charge in [0.25, 0.3) is 17.4 Å². The number of fused-ring (bicyclic) bond motifs is 1. The van der Waals surface area contributed by atoms with E-state index in [9.17, 15) is 44.0 Å². The minimum absolute atomic E-state index is 0. The molecular formula is C73H72BN23O16P. The number of nitrogens with one attached hydrogen (secondary N) is 1. The second kappa shape index (κ2) is 41.7. The Kier molecular flexibility index (Phi) is 31.0. The number of benzene rings is 6. The number of imidazole rings is 1. The molecule has 0 spiro atoms. The van der Waals surface area contributed by atoms with Gasteiger partial charge in [0, 0.05) is 68.7 Å². The summed E-state index contributed by atoms with van der Waals surface area (Å²) in [7, 11) is -3.07. The second-order valence-electron chi connectivity index (χ2n) is 24.7. The Morgan fingerprint density at radius 2 is 1.06 bits per heavy atom. The van der Waals surface area contributed by atoms with E-state index in [1.54, 1.807) is 91.0 Å². The SMILES string of the molecule is CCN(CC)CC.Cc1cn([C@H]2C[C@H](OP(O)OC[C@H]3O[C@@H](n4cnc5c(OCc6ccc(OC(=O)c7ccccc7CN=[N+]=[N-])cc6)nc(NC(=O)c6ccccc6CN=[N+]=[N-])nc54)C[C@@H]3OC(=O)c3ccccc3CN=[N+]=[N-])[C@@H](COC(=O)c3ccccc3CN=[N+]=[N-])O2)c(=O)n(C(=O)c2ccccc2CN=[N+]=[N-])c1=O.[B]. The van der Waals surface area contributed by atoms with Crippen molar-refractivity contribution in [2.24, 2.45) is 25.6 Å². The summed E-state index contributed by atoms with van der Waals surface area (Å²) in [5.74, 6) is -4.52. The van der Waals surface area contributed by atoms with E-state index in [0.717, 1.165) is 10.8 Å². The van der Waals surface area contributed by atoms with Crippen molar-refractivity contribution in [3.63, 3.8) is 0 Å². The largest absolute Gasteiger partial charge is 0.471 e. The number of carbonyl (C=O) groups excluding carboxylic acids is 5. The number of carbonyl (C=O) groups is 5. The topological polar surface area (TPSA) is 526 Å². The Bertz CT molecular complexity index is 5360. The Morgan fingerprint density at radius 3 is 1.59 bits per heavy atom. The average Bonchev–Trinajstić information content (AvgIpc) is 1.61. The van der Waals surface area contributed by atoms with Gasteiger partial charge in [-0.2, -0.15) is 14.5 Å². The van der Waals surface area contributed by atoms with Gasteiger partial charge in [-0.3, -0.25) is 28.8 Å². The van der Waals surface area contributed by atoms with Gasteiger partial charge in [0.2, 0.25) is 11.8 Å². The summed E-state index contributed by atoms with van der Waals surface area (Å²) in [6, 6.07) is 37.4. The van der Waals surface area contributed by atoms with Crippen molar-refractivity contribution in [2.45, 2.75) is 117 Å². The van der Waals surface area contributed by atoms with Gasteiger partial charge in [0.05, 0.1) is 62.3 Å². The maximum absolute atomic E-state index is 14.5. The van der Waals surface area contributed by atoms with Crippen LogP contribution in [0.1, 0.15) is 137 Å². The maximum atomic E-state index is 14.5. The van der Waals surface area contributed by atoms with Crippen LogP contribution in [-0.4, -0.2) is 134 Å². The summed E-state index contributed by atoms with van der Waals surface area (Å²) >= 11 is 0. The summed E-state index contributed by atoms with van der Waals surface area (Å²) in [6.45, 7) is 9.09. The molecule has 39 nitrogen and oxygen atoms in total. The molecule has 3 radical (unpaired) electrons. The Morgan fingerprint density at radius 1 is 0.596 bits per heavy atom. The number of hydrogen-bond acceptors (Lipinski definition) is 25. The Labute approximate surface area is 651 Å². The average molecular weight is 1570 g/mol. The van der Waals surface area contributed by atoms with E-state index in [1.165, 1.54) is 92.0 Å². The number of aryl methyl sites for hydroxylation is 1. The maximum Gasteiger partial charge on any atom is 0.343 e. The normalized spacial score (nSPS) is 16.1. The lowest BCUT2D eigenvalue weighted by atomic mass is 10.1. The number of rotatable bonds is 33. The molecule has 9 aromatic rings. The zero-order valence-electron chi connectivity index (χ0n) is 61.6. The van der Waals surface area contributed by atoms with Gasteiger partial charge in [0.15, 0.2) is 11.2 Å². The zero-order valence-corrected chi connectivity index (χ0v) is 62.5. The molecule has 1 unspecified atom stereocenters. The summed E-state index contributed by atoms with van der Waals surface area (Å²) in [5, 5.41) is 20.6. The van der Waals surface area contributed by atoms with E-state index in [2.05, 4.69) is 91.1 Å². The molecule has 2 aliphatic rings. The standard InChI is InChI=1S/C67H57N22O16P.C6H15N.B/c1-38-33-87(67(96)89(61(38)91)62(92)47-18-8-3-13-41(47)29-75-83-69)55-27-52(53(102-55)35-99-63(93)48-19-9-4-14-42(48)30-76-84-70)105-106(97)100-36-54-51(104-65(95)50-21-11-6-16-44(50)32-78-86-72)26-56(103-54)88-37-73-57-58(88)79-66(80-59(90)46-17-7-2-12-40(46)28-74-82-68)81-60(57)98-34-39-22-24-45(25-23-39)101-64(94)49-20-10-5-15-43(49)31-77-85-71;1-4-7(5-2)6-3;/h2-25,33,37,51-56,97H,26-32,34-36H2,1H3,(H,79,80,81,90);4-6H2,1-3H3;/t51-,52-,53+,54+,55+,56+,106?;;/m0../s1. The molecule has 11 rings (SSSR count). The molecule has 1 amide bonds. The van der Waals surface area contributed by atoms with E-state index in [1.807, 2.05) is 0 Å². The van der Waals surface area contributed by atoms with Gasteiger partial charge in [-0.25, -0.2) is 24.2 Å². The molecule has 583 valence electrons. The third-order valence-electron chi connectivity index (χ3n) is 17.9. The van der Waals surface area contributed by atoms with Crippen molar-refractivity contribution >= 4 is 63.8 Å². The molecule has 41 heteroatoms. The van der Waals surface area contributed by atoms with Crippen molar-refractivity contribution in [3.8, 4) is 11.6 Å². The van der Waals surface area contributed by atoms with Crippen LogP contribution in [0.2, 0.25) is 0 Å². The van der Waals surface area contributed by atoms with Crippen molar-refractivity contribution < 1.29 is 66.3 Å². The molecule has 2 saturated heterocycles. The molecule has 6 aromatic carbocycles. The summed E-state index contributed by atoms with van der Waals surface area (Å²) in [5.41, 5.74) is 45.5. The zero-order chi connectivity index (χ0) is 80.3. The van der Waals surface area contributed by atoms with Gasteiger partial charge in [-0.1, -0.05) is 149 Å². The van der Waals surface area contributed by atoms with Crippen molar-refractivity contribution in [2.75, 3.05) is 38.2 Å². The predicted molar refractivity (Wildman–Crippen MR) is 411 cm³/mol. The minimum Gasteiger partial charge on any atom is -0.471 e. The lowest BCUT2D eigenvalue weighted by Crippen LogP contribution is -2.45. The number of amides is 1. The van der Waals surface area contributed by atoms with Gasteiger partial charge < -0.3 is 47.3 Å². The smallest absolute Gasteiger partial charge is 0.343 e. The molecule has 2 aliphatic heterocycles. The van der Waals surface area contributed by atoms with Crippen LogP contribution < -0.4 is 26.0 Å². The molecule has 5 heterocycles. The minimum atomic E-state index is -3.07. The number of anilines is 1. The second-order valence-corrected chi connectivity index (χ2v) is 25.6. The first-order chi connectivity index (χ1) is 54.9. The number of ether oxygens (including phenoxy) is 6. The molecule has 0 aliphatic carbocycles. The van der Waals surface area contributed by atoms with Crippen molar-refractivity contribution in [3.05, 3.63) is 298 Å². The first-order valence-electron chi connectivity index (χ1n) is 35.0. The number of aromatic nitrogens is 6. The molecule has 7 atom stereocenters. The van der Waals surface area contributed by atoms with Crippen LogP contribution >= 0.6 is 8.60 Å². The van der Waals surface area contributed by atoms with Crippen LogP contribution in [0.25, 0.3) is 63.4 Å². The third kappa shape index (κ3) is 21.4. The fourth-order valence-electron chi connectivity index (χ4n) is 12.1. The number of hydrogen-bond donors (Lipinski definition) is 2. The van der Waals surface area contributed by atoms with E-state index >= 15 is 0 Å². The van der Waals surface area contributed by atoms with Gasteiger partial charge in [0.1, 0.15) is 55.8 Å². The summed E-state index contributed by atoms with van der Waals surface area (Å²) < 4.78 is 51.9. The summed E-state index contributed by atoms with van der Waals surface area (Å²) in [4.78, 5) is 140. The molecular weight excluding hydrogens is 1500 g/mol. The Hall–Kier alpha value is -13.3. The van der Waals surface area contributed by atoms with Crippen molar-refractivity contribution in [1.82, 2.24) is 33.6 Å². The van der Waals surface area contributed by atoms with E-state index in [4.69, 9.17) is 64.6 Å². The summed E-state index contributed by atoms with van der Waals surface area (Å²) in [6.07, 6.45) is -5.80. The fourth-order valence-corrected chi connectivity index (χ4v) is 12.9. The molecule has 0 bridgehead atoms. The highest BCUT2D eigenvalue weighted by molar-refractivity contribution is 7.40. The van der Waals surface area contributed by atoms with Crippen LogP contribution in [0.4, 0.5) is 5.95 Å². The highest BCUT2D eigenvalue weighted by atomic mass is 31.2. The number of esters is 3. The molecule has 0 saturated carbocycles. The molecule has 3 aromatic heterocycles. The molecule has 2 N–H and O–H groups in total. The van der Waals surface area contributed by atoms with Gasteiger partial charge >= 0.3 is 32.2 Å². The first kappa shape index (κ1) is 84.7. The van der Waals surface area contributed by atoms with Crippen LogP contribution in [0.5, 0.6) is 11.6 Å². The lowest BCUT2D eigenvalue weighted by molar-refractivity contribution is -0.0579. The molecule has 114 heavy (non-hydrogen) atoms. The van der Waals surface area contributed by atoms with Crippen molar-refractivity contribution in [1.29, 1.82) is 0 Å². The quantitative estimate of drug-likeness (QED) is 0.00733. The lowest BCUT2D eigenvalue weighted by Gasteiger charge is -2.23. The highest BCUT2D eigenvalue weighted by Gasteiger charge is 2.44. The highest BCUT2D eigenvalue weighted by Crippen LogP contribution is 2.44. The number of nitrogens with zero attached hydrogens (tertiary/aromatic N) is 22. The van der Waals surface area contributed by atoms with E-state index in [0.29, 0.717) is 32.4 Å². The van der Waals surface area contributed by atoms with Gasteiger partial charge in [-0.05, 0) is 130 Å². The first-order valence-corrected chi connectivity index (χ1v) is 36.1. The van der Waals surface area contributed by atoms with E-state index in [-0.39, 0.29) is 128 Å². The van der Waals surface area contributed by atoms with Crippen LogP contribution in [-0.2, 0) is 67.3 Å². The predicted octanol–water partition coefficient (Wildman–Crippen LogP) is 13.2. The van der Waals surface area contributed by atoms with E-state index < -0.39 is 99.7 Å². The number of azide groups is 5. The van der Waals surface area contributed by atoms with Gasteiger partial charge in [-0.15, -0.1) is 0 Å². The monoisotopic (exact) mass is 1570 g/mol. The van der Waals surface area contributed by atoms with Crippen LogP contribution in [0.3, 0.4) is 0 Å². The van der Waals surface area contributed by atoms with Crippen LogP contribution in [0, 0.1) is 6.92 Å². The fraction of sp³-hybridized carbons (Fsp3) is 0.315.